The summed E-state index contributed by atoms with van der Waals surface area (Å²) < 4.78 is 9.84. The van der Waals surface area contributed by atoms with Crippen LogP contribution < -0.4 is 11.3 Å². The van der Waals surface area contributed by atoms with E-state index in [1.165, 1.54) is 11.5 Å². The first-order valence-electron chi connectivity index (χ1n) is 6.19. The van der Waals surface area contributed by atoms with Crippen LogP contribution in [0.2, 0.25) is 5.02 Å². The first-order valence-corrected chi connectivity index (χ1v) is 7.34. The largest absolute Gasteiger partial charge is 0.459 e. The van der Waals surface area contributed by atoms with Crippen LogP contribution >= 0.6 is 23.1 Å². The highest BCUT2D eigenvalue weighted by atomic mass is 35.5. The van der Waals surface area contributed by atoms with E-state index in [2.05, 4.69) is 15.0 Å². The number of benzene rings is 1. The number of rotatable bonds is 4. The Morgan fingerprint density at radius 1 is 1.45 bits per heavy atom. The molecule has 3 N–H and O–H groups in total. The van der Waals surface area contributed by atoms with Gasteiger partial charge in [-0.25, -0.2) is 5.43 Å². The molecule has 1 atom stereocenters. The molecule has 0 aliphatic heterocycles. The minimum atomic E-state index is -0.254. The van der Waals surface area contributed by atoms with Gasteiger partial charge in [-0.3, -0.25) is 5.84 Å². The molecule has 3 aromatic rings. The standard InChI is InChI=1S/C13H13ClN4OS/c1-2-9-13(20-18-17-9)12(16-15)11-6-7-5-8(14)3-4-10(7)19-11/h3-6,12,16H,2,15H2,1H3. The maximum absolute atomic E-state index is 5.99. The fourth-order valence-electron chi connectivity index (χ4n) is 2.14. The number of furan rings is 1. The molecule has 0 aliphatic rings. The van der Waals surface area contributed by atoms with Crippen LogP contribution in [-0.4, -0.2) is 9.59 Å². The van der Waals surface area contributed by atoms with Crippen LogP contribution in [0, 0.1) is 0 Å². The summed E-state index contributed by atoms with van der Waals surface area (Å²) in [5, 5.41) is 5.73. The lowest BCUT2D eigenvalue weighted by Crippen LogP contribution is -2.28. The molecule has 104 valence electrons. The minimum absolute atomic E-state index is 0.254. The highest BCUT2D eigenvalue weighted by Gasteiger charge is 2.22. The van der Waals surface area contributed by atoms with E-state index >= 15 is 0 Å². The Hall–Kier alpha value is -1.47. The molecular formula is C13H13ClN4OS. The molecule has 3 rings (SSSR count). The third kappa shape index (κ3) is 2.31. The van der Waals surface area contributed by atoms with E-state index in [0.717, 1.165) is 33.7 Å². The van der Waals surface area contributed by atoms with Crippen molar-refractivity contribution in [3.8, 4) is 0 Å². The monoisotopic (exact) mass is 308 g/mol. The molecule has 20 heavy (non-hydrogen) atoms. The zero-order chi connectivity index (χ0) is 14.1. The quantitative estimate of drug-likeness (QED) is 0.572. The van der Waals surface area contributed by atoms with Gasteiger partial charge >= 0.3 is 0 Å². The van der Waals surface area contributed by atoms with Gasteiger partial charge in [-0.15, -0.1) is 5.10 Å². The summed E-state index contributed by atoms with van der Waals surface area (Å²) in [7, 11) is 0. The van der Waals surface area contributed by atoms with Gasteiger partial charge in [0.15, 0.2) is 0 Å². The smallest absolute Gasteiger partial charge is 0.134 e. The van der Waals surface area contributed by atoms with Crippen molar-refractivity contribution in [3.63, 3.8) is 0 Å². The van der Waals surface area contributed by atoms with Gasteiger partial charge in [0.2, 0.25) is 0 Å². The van der Waals surface area contributed by atoms with E-state index in [1.54, 1.807) is 6.07 Å². The molecule has 1 aromatic carbocycles. The average Bonchev–Trinajstić information content (AvgIpc) is 3.05. The summed E-state index contributed by atoms with van der Waals surface area (Å²) in [5.41, 5.74) is 4.48. The van der Waals surface area contributed by atoms with Gasteiger partial charge in [0.25, 0.3) is 0 Å². The number of hydrogen-bond donors (Lipinski definition) is 2. The van der Waals surface area contributed by atoms with Crippen LogP contribution in [-0.2, 0) is 6.42 Å². The van der Waals surface area contributed by atoms with Crippen LogP contribution in [0.15, 0.2) is 28.7 Å². The molecule has 0 amide bonds. The summed E-state index contributed by atoms with van der Waals surface area (Å²) in [6, 6.07) is 7.19. The molecule has 0 aliphatic carbocycles. The SMILES string of the molecule is CCc1nnsc1C(NN)c1cc2cc(Cl)ccc2o1. The van der Waals surface area contributed by atoms with Crippen LogP contribution in [0.4, 0.5) is 0 Å². The first kappa shape index (κ1) is 13.5. The Morgan fingerprint density at radius 3 is 3.05 bits per heavy atom. The van der Waals surface area contributed by atoms with Gasteiger partial charge in [0.1, 0.15) is 17.4 Å². The molecule has 0 radical (unpaired) electrons. The van der Waals surface area contributed by atoms with Crippen molar-refractivity contribution in [2.24, 2.45) is 5.84 Å². The predicted octanol–water partition coefficient (Wildman–Crippen LogP) is 3.05. The van der Waals surface area contributed by atoms with E-state index in [9.17, 15) is 0 Å². The maximum Gasteiger partial charge on any atom is 0.134 e. The first-order chi connectivity index (χ1) is 9.72. The fraction of sp³-hybridized carbons (Fsp3) is 0.231. The summed E-state index contributed by atoms with van der Waals surface area (Å²) in [5.74, 6) is 6.41. The Labute approximate surface area is 124 Å². The number of nitrogens with one attached hydrogen (secondary N) is 1. The average molecular weight is 309 g/mol. The second-order valence-electron chi connectivity index (χ2n) is 4.37. The minimum Gasteiger partial charge on any atom is -0.459 e. The van der Waals surface area contributed by atoms with E-state index < -0.39 is 0 Å². The lowest BCUT2D eigenvalue weighted by atomic mass is 10.1. The lowest BCUT2D eigenvalue weighted by Gasteiger charge is -2.11. The topological polar surface area (TPSA) is 77.0 Å². The van der Waals surface area contributed by atoms with Crippen molar-refractivity contribution in [1.82, 2.24) is 15.0 Å². The van der Waals surface area contributed by atoms with Crippen LogP contribution in [0.3, 0.4) is 0 Å². The van der Waals surface area contributed by atoms with Crippen LogP contribution in [0.5, 0.6) is 0 Å². The number of fused-ring (bicyclic) bond motifs is 1. The van der Waals surface area contributed by atoms with Gasteiger partial charge in [-0.05, 0) is 42.2 Å². The van der Waals surface area contributed by atoms with Crippen molar-refractivity contribution < 1.29 is 4.42 Å². The van der Waals surface area contributed by atoms with Crippen LogP contribution in [0.25, 0.3) is 11.0 Å². The lowest BCUT2D eigenvalue weighted by molar-refractivity contribution is 0.479. The second kappa shape index (κ2) is 5.49. The van der Waals surface area contributed by atoms with Gasteiger partial charge in [0, 0.05) is 10.4 Å². The van der Waals surface area contributed by atoms with Gasteiger partial charge in [0.05, 0.1) is 10.6 Å². The van der Waals surface area contributed by atoms with Crippen molar-refractivity contribution in [2.45, 2.75) is 19.4 Å². The maximum atomic E-state index is 5.99. The molecule has 0 spiro atoms. The Kier molecular flexibility index (Phi) is 3.71. The number of nitrogens with two attached hydrogens (primary N) is 1. The van der Waals surface area contributed by atoms with Crippen molar-refractivity contribution >= 4 is 34.1 Å². The summed E-state index contributed by atoms with van der Waals surface area (Å²) in [6.45, 7) is 2.03. The fourth-order valence-corrected chi connectivity index (χ4v) is 3.13. The highest BCUT2D eigenvalue weighted by molar-refractivity contribution is 7.05. The molecule has 1 unspecified atom stereocenters. The zero-order valence-electron chi connectivity index (χ0n) is 10.8. The number of halogens is 1. The number of nitrogens with zero attached hydrogens (tertiary/aromatic N) is 2. The Bertz CT molecular complexity index is 739. The highest BCUT2D eigenvalue weighted by Crippen LogP contribution is 2.31. The van der Waals surface area contributed by atoms with Crippen molar-refractivity contribution in [2.75, 3.05) is 0 Å². The number of hydrazine groups is 1. The Morgan fingerprint density at radius 2 is 2.30 bits per heavy atom. The number of aryl methyl sites for hydroxylation is 1. The third-order valence-corrected chi connectivity index (χ3v) is 4.20. The molecule has 5 nitrogen and oxygen atoms in total. The number of hydrogen-bond acceptors (Lipinski definition) is 6. The summed E-state index contributed by atoms with van der Waals surface area (Å²) in [4.78, 5) is 0.972. The van der Waals surface area contributed by atoms with Crippen LogP contribution in [0.1, 0.15) is 29.3 Å². The molecule has 0 saturated carbocycles. The van der Waals surface area contributed by atoms with Gasteiger partial charge < -0.3 is 4.42 Å². The van der Waals surface area contributed by atoms with E-state index in [4.69, 9.17) is 21.9 Å². The van der Waals surface area contributed by atoms with Crippen molar-refractivity contribution in [3.05, 3.63) is 45.6 Å². The van der Waals surface area contributed by atoms with Gasteiger partial charge in [-0.2, -0.15) is 0 Å². The normalized spacial score (nSPS) is 12.9. The zero-order valence-corrected chi connectivity index (χ0v) is 12.3. The van der Waals surface area contributed by atoms with E-state index in [-0.39, 0.29) is 6.04 Å². The van der Waals surface area contributed by atoms with Gasteiger partial charge in [-0.1, -0.05) is 23.0 Å². The molecular weight excluding hydrogens is 296 g/mol. The predicted molar refractivity (Wildman–Crippen MR) is 79.7 cm³/mol. The molecule has 0 fully saturated rings. The molecule has 2 aromatic heterocycles. The summed E-state index contributed by atoms with van der Waals surface area (Å²) in [6.07, 6.45) is 0.802. The summed E-state index contributed by atoms with van der Waals surface area (Å²) >= 11 is 7.31. The molecule has 2 heterocycles. The van der Waals surface area contributed by atoms with E-state index in [0.29, 0.717) is 5.02 Å². The molecule has 7 heteroatoms. The molecule has 0 saturated heterocycles. The Balaban J connectivity index is 2.07. The molecule has 0 bridgehead atoms. The second-order valence-corrected chi connectivity index (χ2v) is 5.59. The number of aromatic nitrogens is 2. The third-order valence-electron chi connectivity index (χ3n) is 3.13. The van der Waals surface area contributed by atoms with E-state index in [1.807, 2.05) is 25.1 Å². The van der Waals surface area contributed by atoms with Crippen molar-refractivity contribution in [1.29, 1.82) is 0 Å².